The lowest BCUT2D eigenvalue weighted by molar-refractivity contribution is 0.0627. The molecule has 1 saturated carbocycles. The van der Waals surface area contributed by atoms with Crippen LogP contribution in [0.25, 0.3) is 11.4 Å². The van der Waals surface area contributed by atoms with Crippen LogP contribution in [0.1, 0.15) is 48.9 Å². The van der Waals surface area contributed by atoms with Crippen molar-refractivity contribution in [1.82, 2.24) is 29.3 Å². The molecule has 8 nitrogen and oxygen atoms in total. The summed E-state index contributed by atoms with van der Waals surface area (Å²) < 4.78 is 2.16. The lowest BCUT2D eigenvalue weighted by Crippen LogP contribution is -2.49. The van der Waals surface area contributed by atoms with Gasteiger partial charge >= 0.3 is 0 Å². The first kappa shape index (κ1) is 21.6. The Morgan fingerprint density at radius 3 is 2.42 bits per heavy atom. The number of amides is 1. The van der Waals surface area contributed by atoms with Gasteiger partial charge < -0.3 is 14.8 Å². The standard InChI is InChI=1S/C25H31N7O/c1-17(2)32-18(3)27-16-23(32)22-10-11-26-25(29-22)28-20-6-4-19(5-7-20)24(33)31-14-12-30(13-15-31)21-8-9-21/h4-7,10-11,16-17,21H,8-9,12-15H2,1-3H3,(H,26,28,29). The second-order valence-electron chi connectivity index (χ2n) is 9.18. The predicted octanol–water partition coefficient (Wildman–Crippen LogP) is 3.89. The average molecular weight is 446 g/mol. The number of anilines is 2. The molecule has 33 heavy (non-hydrogen) atoms. The fraction of sp³-hybridized carbons (Fsp3) is 0.440. The van der Waals surface area contributed by atoms with E-state index >= 15 is 0 Å². The first-order valence-corrected chi connectivity index (χ1v) is 11.8. The summed E-state index contributed by atoms with van der Waals surface area (Å²) in [5.74, 6) is 1.58. The molecule has 8 heteroatoms. The Hall–Kier alpha value is -3.26. The van der Waals surface area contributed by atoms with Gasteiger partial charge in [0.15, 0.2) is 0 Å². The number of imidazole rings is 1. The Morgan fingerprint density at radius 1 is 1.03 bits per heavy atom. The van der Waals surface area contributed by atoms with Gasteiger partial charge in [0.2, 0.25) is 5.95 Å². The zero-order chi connectivity index (χ0) is 22.9. The van der Waals surface area contributed by atoms with Crippen LogP contribution in [0.5, 0.6) is 0 Å². The van der Waals surface area contributed by atoms with E-state index in [0.717, 1.165) is 55.1 Å². The molecule has 0 atom stereocenters. The molecule has 0 bridgehead atoms. The summed E-state index contributed by atoms with van der Waals surface area (Å²) in [5.41, 5.74) is 3.34. The molecule has 0 spiro atoms. The number of benzene rings is 1. The number of hydrogen-bond donors (Lipinski definition) is 1. The van der Waals surface area contributed by atoms with Gasteiger partial charge in [-0.3, -0.25) is 9.69 Å². The summed E-state index contributed by atoms with van der Waals surface area (Å²) in [4.78, 5) is 30.9. The van der Waals surface area contributed by atoms with Crippen molar-refractivity contribution in [3.8, 4) is 11.4 Å². The zero-order valence-electron chi connectivity index (χ0n) is 19.5. The monoisotopic (exact) mass is 445 g/mol. The van der Waals surface area contributed by atoms with Gasteiger partial charge in [-0.15, -0.1) is 0 Å². The molecule has 3 aromatic rings. The van der Waals surface area contributed by atoms with Gasteiger partial charge in [-0.2, -0.15) is 0 Å². The Labute approximate surface area is 194 Å². The predicted molar refractivity (Wildman–Crippen MR) is 129 cm³/mol. The minimum atomic E-state index is 0.104. The molecular weight excluding hydrogens is 414 g/mol. The van der Waals surface area contributed by atoms with E-state index in [2.05, 4.69) is 43.6 Å². The average Bonchev–Trinajstić information content (AvgIpc) is 3.60. The maximum Gasteiger partial charge on any atom is 0.253 e. The molecule has 2 aromatic heterocycles. The van der Waals surface area contributed by atoms with E-state index in [1.54, 1.807) is 6.20 Å². The van der Waals surface area contributed by atoms with Crippen molar-refractivity contribution in [2.75, 3.05) is 31.5 Å². The van der Waals surface area contributed by atoms with Crippen molar-refractivity contribution in [3.05, 3.63) is 54.1 Å². The minimum absolute atomic E-state index is 0.104. The van der Waals surface area contributed by atoms with Crippen LogP contribution in [-0.2, 0) is 0 Å². The number of nitrogens with zero attached hydrogens (tertiary/aromatic N) is 6. The lowest BCUT2D eigenvalue weighted by Gasteiger charge is -2.34. The number of carbonyl (C=O) groups excluding carboxylic acids is 1. The fourth-order valence-electron chi connectivity index (χ4n) is 4.59. The van der Waals surface area contributed by atoms with Crippen LogP contribution >= 0.6 is 0 Å². The van der Waals surface area contributed by atoms with Crippen molar-refractivity contribution in [1.29, 1.82) is 0 Å². The molecule has 2 fully saturated rings. The Balaban J connectivity index is 1.25. The van der Waals surface area contributed by atoms with Crippen molar-refractivity contribution in [2.24, 2.45) is 0 Å². The Morgan fingerprint density at radius 2 is 1.76 bits per heavy atom. The fourth-order valence-corrected chi connectivity index (χ4v) is 4.59. The van der Waals surface area contributed by atoms with Crippen LogP contribution in [0, 0.1) is 6.92 Å². The molecular formula is C25H31N7O. The van der Waals surface area contributed by atoms with Gasteiger partial charge in [-0.25, -0.2) is 15.0 Å². The van der Waals surface area contributed by atoms with Crippen molar-refractivity contribution >= 4 is 17.5 Å². The quantitative estimate of drug-likeness (QED) is 0.620. The normalized spacial score (nSPS) is 16.9. The summed E-state index contributed by atoms with van der Waals surface area (Å²) in [5, 5.41) is 3.26. The first-order chi connectivity index (χ1) is 16.0. The number of aromatic nitrogens is 4. The van der Waals surface area contributed by atoms with E-state index in [0.29, 0.717) is 11.5 Å². The summed E-state index contributed by atoms with van der Waals surface area (Å²) in [7, 11) is 0. The maximum absolute atomic E-state index is 12.9. The third kappa shape index (κ3) is 4.61. The third-order valence-electron chi connectivity index (χ3n) is 6.47. The highest BCUT2D eigenvalue weighted by molar-refractivity contribution is 5.94. The van der Waals surface area contributed by atoms with Gasteiger partial charge in [-0.1, -0.05) is 0 Å². The summed E-state index contributed by atoms with van der Waals surface area (Å²) in [6.07, 6.45) is 6.23. The van der Waals surface area contributed by atoms with Crippen LogP contribution in [0.4, 0.5) is 11.6 Å². The van der Waals surface area contributed by atoms with Gasteiger partial charge in [0, 0.05) is 55.7 Å². The molecule has 1 aliphatic heterocycles. The molecule has 0 unspecified atom stereocenters. The largest absolute Gasteiger partial charge is 0.336 e. The number of aryl methyl sites for hydroxylation is 1. The summed E-state index contributed by atoms with van der Waals surface area (Å²) >= 11 is 0. The molecule has 0 radical (unpaired) electrons. The highest BCUT2D eigenvalue weighted by Gasteiger charge is 2.32. The van der Waals surface area contributed by atoms with E-state index in [1.807, 2.05) is 48.4 Å². The molecule has 5 rings (SSSR count). The smallest absolute Gasteiger partial charge is 0.253 e. The molecule has 1 amide bonds. The maximum atomic E-state index is 12.9. The summed E-state index contributed by atoms with van der Waals surface area (Å²) in [6.45, 7) is 9.85. The van der Waals surface area contributed by atoms with Crippen molar-refractivity contribution in [3.63, 3.8) is 0 Å². The lowest BCUT2D eigenvalue weighted by atomic mass is 10.1. The van der Waals surface area contributed by atoms with Gasteiger partial charge in [-0.05, 0) is 63.9 Å². The van der Waals surface area contributed by atoms with Crippen LogP contribution < -0.4 is 5.32 Å². The van der Waals surface area contributed by atoms with E-state index in [1.165, 1.54) is 12.8 Å². The van der Waals surface area contributed by atoms with Gasteiger partial charge in [0.05, 0.1) is 17.6 Å². The van der Waals surface area contributed by atoms with Gasteiger partial charge in [0.25, 0.3) is 5.91 Å². The molecule has 1 aromatic carbocycles. The molecule has 2 aliphatic rings. The topological polar surface area (TPSA) is 79.2 Å². The molecule has 1 aliphatic carbocycles. The number of nitrogens with one attached hydrogen (secondary N) is 1. The van der Waals surface area contributed by atoms with Crippen molar-refractivity contribution < 1.29 is 4.79 Å². The summed E-state index contributed by atoms with van der Waals surface area (Å²) in [6, 6.07) is 10.5. The van der Waals surface area contributed by atoms with Crippen LogP contribution in [0.3, 0.4) is 0 Å². The highest BCUT2D eigenvalue weighted by atomic mass is 16.2. The molecule has 1 N–H and O–H groups in total. The van der Waals surface area contributed by atoms with Crippen LogP contribution in [0.2, 0.25) is 0 Å². The van der Waals surface area contributed by atoms with Crippen molar-refractivity contribution in [2.45, 2.75) is 45.7 Å². The number of carbonyl (C=O) groups is 1. The van der Waals surface area contributed by atoms with E-state index in [4.69, 9.17) is 0 Å². The Kier molecular flexibility index (Phi) is 5.85. The minimum Gasteiger partial charge on any atom is -0.336 e. The first-order valence-electron chi connectivity index (χ1n) is 11.8. The molecule has 3 heterocycles. The number of rotatable bonds is 6. The van der Waals surface area contributed by atoms with E-state index in [9.17, 15) is 4.79 Å². The number of hydrogen-bond acceptors (Lipinski definition) is 6. The van der Waals surface area contributed by atoms with E-state index < -0.39 is 0 Å². The van der Waals surface area contributed by atoms with Crippen LogP contribution in [0.15, 0.2) is 42.7 Å². The van der Waals surface area contributed by atoms with E-state index in [-0.39, 0.29) is 11.9 Å². The highest BCUT2D eigenvalue weighted by Crippen LogP contribution is 2.28. The second-order valence-corrected chi connectivity index (χ2v) is 9.18. The molecule has 172 valence electrons. The van der Waals surface area contributed by atoms with Gasteiger partial charge in [0.1, 0.15) is 5.82 Å². The third-order valence-corrected chi connectivity index (χ3v) is 6.47. The van der Waals surface area contributed by atoms with Crippen LogP contribution in [-0.4, -0.2) is 67.4 Å². The number of piperazine rings is 1. The second kappa shape index (κ2) is 8.94. The zero-order valence-corrected chi connectivity index (χ0v) is 19.5. The SMILES string of the molecule is Cc1ncc(-c2ccnc(Nc3ccc(C(=O)N4CCN(C5CC5)CC4)cc3)n2)n1C(C)C. The Bertz CT molecular complexity index is 1130. The molecule has 1 saturated heterocycles.